The fourth-order valence-corrected chi connectivity index (χ4v) is 6.00. The molecule has 0 aromatic carbocycles. The van der Waals surface area contributed by atoms with Crippen LogP contribution >= 0.6 is 0 Å². The maximum atomic E-state index is 10.3. The van der Waals surface area contributed by atoms with Gasteiger partial charge in [0.2, 0.25) is 0 Å². The van der Waals surface area contributed by atoms with Crippen molar-refractivity contribution in [2.75, 3.05) is 26.4 Å². The second-order valence-corrected chi connectivity index (χ2v) is 10.2. The average molecular weight is 419 g/mol. The Hall–Kier alpha value is 0.0169. The van der Waals surface area contributed by atoms with Gasteiger partial charge in [0.05, 0.1) is 17.9 Å². The highest BCUT2D eigenvalue weighted by Gasteiger charge is 2.35. The molecule has 1 aliphatic carbocycles. The molecule has 0 saturated heterocycles. The Labute approximate surface area is 175 Å². The standard InChI is InChI=1S/C22H46O5Si/c1-5-9-14-25-21-17-19(12-13-20(21)23)18-22(24-8-4)28(26-15-10-6-2)27-16-11-7-3/h19-23,28H,5-18H2,1-4H3. The van der Waals surface area contributed by atoms with Gasteiger partial charge in [-0.1, -0.05) is 40.0 Å². The summed E-state index contributed by atoms with van der Waals surface area (Å²) >= 11 is 0. The molecule has 0 spiro atoms. The molecule has 1 aliphatic rings. The zero-order valence-corrected chi connectivity index (χ0v) is 20.0. The van der Waals surface area contributed by atoms with E-state index in [2.05, 4.69) is 27.7 Å². The Balaban J connectivity index is 2.63. The summed E-state index contributed by atoms with van der Waals surface area (Å²) in [6.07, 6.45) is 9.95. The number of rotatable bonds is 17. The largest absolute Gasteiger partial charge is 0.395 e. The first kappa shape index (κ1) is 26.1. The van der Waals surface area contributed by atoms with Crippen molar-refractivity contribution >= 4 is 9.28 Å². The SMILES string of the molecule is CCCCOC1CC(CC(OCC)[SiH](OCCCC)OCCCC)CCC1O. The van der Waals surface area contributed by atoms with E-state index in [9.17, 15) is 5.11 Å². The van der Waals surface area contributed by atoms with Crippen molar-refractivity contribution in [3.63, 3.8) is 0 Å². The highest BCUT2D eigenvalue weighted by atomic mass is 28.3. The van der Waals surface area contributed by atoms with Crippen molar-refractivity contribution in [1.82, 2.24) is 0 Å². The first-order chi connectivity index (χ1) is 13.7. The zero-order chi connectivity index (χ0) is 20.6. The molecule has 1 fully saturated rings. The van der Waals surface area contributed by atoms with Crippen LogP contribution in [0, 0.1) is 5.92 Å². The molecule has 5 nitrogen and oxygen atoms in total. The van der Waals surface area contributed by atoms with Gasteiger partial charge in [-0.15, -0.1) is 0 Å². The molecule has 4 unspecified atom stereocenters. The van der Waals surface area contributed by atoms with Crippen molar-refractivity contribution in [3.8, 4) is 0 Å². The topological polar surface area (TPSA) is 57.2 Å². The molecule has 0 bridgehead atoms. The van der Waals surface area contributed by atoms with Gasteiger partial charge in [-0.25, -0.2) is 0 Å². The lowest BCUT2D eigenvalue weighted by atomic mass is 9.83. The van der Waals surface area contributed by atoms with Gasteiger partial charge in [0, 0.05) is 26.4 Å². The predicted molar refractivity (Wildman–Crippen MR) is 117 cm³/mol. The van der Waals surface area contributed by atoms with Crippen LogP contribution in [0.4, 0.5) is 0 Å². The first-order valence-electron chi connectivity index (χ1n) is 11.8. The maximum Gasteiger partial charge on any atom is 0.351 e. The Morgan fingerprint density at radius 3 is 2.07 bits per heavy atom. The summed E-state index contributed by atoms with van der Waals surface area (Å²) < 4.78 is 24.6. The monoisotopic (exact) mass is 418 g/mol. The van der Waals surface area contributed by atoms with Crippen molar-refractivity contribution in [3.05, 3.63) is 0 Å². The molecule has 1 rings (SSSR count). The fraction of sp³-hybridized carbons (Fsp3) is 1.00. The molecule has 1 N–H and O–H groups in total. The van der Waals surface area contributed by atoms with Gasteiger partial charge in [0.25, 0.3) is 0 Å². The van der Waals surface area contributed by atoms with Gasteiger partial charge in [-0.3, -0.25) is 0 Å². The summed E-state index contributed by atoms with van der Waals surface area (Å²) in [5.41, 5.74) is 0.0789. The molecule has 168 valence electrons. The smallest absolute Gasteiger partial charge is 0.351 e. The molecule has 0 aromatic rings. The van der Waals surface area contributed by atoms with Crippen molar-refractivity contribution < 1.29 is 23.4 Å². The van der Waals surface area contributed by atoms with E-state index in [1.807, 2.05) is 0 Å². The summed E-state index contributed by atoms with van der Waals surface area (Å²) in [4.78, 5) is 0. The minimum Gasteiger partial charge on any atom is -0.395 e. The van der Waals surface area contributed by atoms with Gasteiger partial charge in [-0.2, -0.15) is 0 Å². The number of hydrogen-bond donors (Lipinski definition) is 1. The van der Waals surface area contributed by atoms with Crippen LogP contribution in [-0.4, -0.2) is 58.8 Å². The lowest BCUT2D eigenvalue weighted by Crippen LogP contribution is -2.43. The Kier molecular flexibility index (Phi) is 15.6. The second kappa shape index (κ2) is 16.8. The van der Waals surface area contributed by atoms with Gasteiger partial charge >= 0.3 is 9.28 Å². The molecule has 1 saturated carbocycles. The van der Waals surface area contributed by atoms with Crippen molar-refractivity contribution in [1.29, 1.82) is 0 Å². The highest BCUT2D eigenvalue weighted by Crippen LogP contribution is 2.31. The van der Waals surface area contributed by atoms with Crippen molar-refractivity contribution in [2.45, 2.75) is 110 Å². The van der Waals surface area contributed by atoms with Crippen molar-refractivity contribution in [2.24, 2.45) is 5.92 Å². The summed E-state index contributed by atoms with van der Waals surface area (Å²) in [6.45, 7) is 11.6. The molecular weight excluding hydrogens is 372 g/mol. The summed E-state index contributed by atoms with van der Waals surface area (Å²) in [6, 6.07) is 0. The number of aliphatic hydroxyl groups excluding tert-OH is 1. The predicted octanol–water partition coefficient (Wildman–Crippen LogP) is 4.52. The van der Waals surface area contributed by atoms with Gasteiger partial charge in [-0.05, 0) is 57.8 Å². The van der Waals surface area contributed by atoms with E-state index in [0.717, 1.165) is 84.0 Å². The Morgan fingerprint density at radius 1 is 0.893 bits per heavy atom. The lowest BCUT2D eigenvalue weighted by Gasteiger charge is -2.36. The van der Waals surface area contributed by atoms with Crippen LogP contribution in [0.5, 0.6) is 0 Å². The van der Waals surface area contributed by atoms with E-state index in [4.69, 9.17) is 18.3 Å². The molecule has 0 aliphatic heterocycles. The third-order valence-corrected chi connectivity index (χ3v) is 7.71. The minimum absolute atomic E-state index is 0.0327. The molecule has 6 heteroatoms. The molecule has 28 heavy (non-hydrogen) atoms. The molecule has 0 radical (unpaired) electrons. The van der Waals surface area contributed by atoms with Crippen LogP contribution < -0.4 is 0 Å². The quantitative estimate of drug-likeness (QED) is 0.278. The average Bonchev–Trinajstić information content (AvgIpc) is 2.69. The van der Waals surface area contributed by atoms with Crippen LogP contribution in [0.15, 0.2) is 0 Å². The normalized spacial score (nSPS) is 24.0. The third-order valence-electron chi connectivity index (χ3n) is 5.51. The molecule has 0 amide bonds. The lowest BCUT2D eigenvalue weighted by molar-refractivity contribution is -0.0768. The number of ether oxygens (including phenoxy) is 2. The van der Waals surface area contributed by atoms with E-state index < -0.39 is 9.28 Å². The summed E-state index contributed by atoms with van der Waals surface area (Å²) in [5, 5.41) is 10.3. The summed E-state index contributed by atoms with van der Waals surface area (Å²) in [7, 11) is -1.89. The van der Waals surface area contributed by atoms with E-state index in [-0.39, 0.29) is 17.9 Å². The Bertz CT molecular complexity index is 348. The second-order valence-electron chi connectivity index (χ2n) is 8.06. The van der Waals surface area contributed by atoms with E-state index in [1.54, 1.807) is 0 Å². The summed E-state index contributed by atoms with van der Waals surface area (Å²) in [5.74, 6) is 0.506. The molecular formula is C22H46O5Si. The molecule has 0 heterocycles. The Morgan fingerprint density at radius 2 is 1.50 bits per heavy atom. The van der Waals surface area contributed by atoms with E-state index in [0.29, 0.717) is 12.5 Å². The van der Waals surface area contributed by atoms with Gasteiger partial charge in [0.1, 0.15) is 0 Å². The number of aliphatic hydroxyl groups is 1. The highest BCUT2D eigenvalue weighted by molar-refractivity contribution is 6.46. The van der Waals surface area contributed by atoms with Crippen LogP contribution in [0.25, 0.3) is 0 Å². The zero-order valence-electron chi connectivity index (χ0n) is 18.9. The number of hydrogen-bond acceptors (Lipinski definition) is 5. The maximum absolute atomic E-state index is 10.3. The van der Waals surface area contributed by atoms with E-state index >= 15 is 0 Å². The van der Waals surface area contributed by atoms with E-state index in [1.165, 1.54) is 0 Å². The van der Waals surface area contributed by atoms with Crippen LogP contribution in [0.2, 0.25) is 0 Å². The first-order valence-corrected chi connectivity index (χ1v) is 13.4. The van der Waals surface area contributed by atoms with Gasteiger partial charge < -0.3 is 23.4 Å². The third kappa shape index (κ3) is 10.7. The van der Waals surface area contributed by atoms with Crippen LogP contribution in [0.3, 0.4) is 0 Å². The molecule has 4 atom stereocenters. The van der Waals surface area contributed by atoms with Crippen LogP contribution in [0.1, 0.15) is 91.9 Å². The van der Waals surface area contributed by atoms with Gasteiger partial charge in [0.15, 0.2) is 0 Å². The molecule has 0 aromatic heterocycles. The number of unbranched alkanes of at least 4 members (excludes halogenated alkanes) is 3. The van der Waals surface area contributed by atoms with Crippen LogP contribution in [-0.2, 0) is 18.3 Å². The minimum atomic E-state index is -1.89. The fourth-order valence-electron chi connectivity index (χ4n) is 3.72.